The molecule has 0 saturated heterocycles. The number of thiazole rings is 1. The van der Waals surface area contributed by atoms with Gasteiger partial charge in [-0.1, -0.05) is 26.8 Å². The molecule has 0 aliphatic carbocycles. The maximum absolute atomic E-state index is 4.60. The van der Waals surface area contributed by atoms with Crippen LogP contribution in [0, 0.1) is 12.3 Å². The molecule has 120 valence electrons. The van der Waals surface area contributed by atoms with E-state index in [9.17, 15) is 0 Å². The monoisotopic (exact) mass is 326 g/mol. The van der Waals surface area contributed by atoms with Crippen molar-refractivity contribution in [3.63, 3.8) is 0 Å². The molecule has 2 heterocycles. The van der Waals surface area contributed by atoms with E-state index in [0.29, 0.717) is 6.04 Å². The summed E-state index contributed by atoms with van der Waals surface area (Å²) in [6.45, 7) is 10.8. The van der Waals surface area contributed by atoms with Crippen molar-refractivity contribution < 1.29 is 0 Å². The van der Waals surface area contributed by atoms with Crippen LogP contribution in [0.15, 0.2) is 29.8 Å². The van der Waals surface area contributed by atoms with Crippen molar-refractivity contribution in [1.29, 1.82) is 0 Å². The van der Waals surface area contributed by atoms with Gasteiger partial charge in [0.1, 0.15) is 11.6 Å². The third-order valence-corrected chi connectivity index (χ3v) is 4.92. The number of nitrogens with zero attached hydrogens (tertiary/aromatic N) is 3. The van der Waals surface area contributed by atoms with Crippen molar-refractivity contribution in [1.82, 2.24) is 15.0 Å². The van der Waals surface area contributed by atoms with E-state index in [-0.39, 0.29) is 5.41 Å². The van der Waals surface area contributed by atoms with Gasteiger partial charge in [0.05, 0.1) is 21.4 Å². The largest absolute Gasteiger partial charge is 0.367 e. The predicted molar refractivity (Wildman–Crippen MR) is 97.9 cm³/mol. The number of hydrogen-bond acceptors (Lipinski definition) is 5. The van der Waals surface area contributed by atoms with Crippen LogP contribution in [0.1, 0.15) is 33.5 Å². The van der Waals surface area contributed by atoms with E-state index >= 15 is 0 Å². The van der Waals surface area contributed by atoms with Crippen molar-refractivity contribution in [2.75, 3.05) is 5.32 Å². The lowest BCUT2D eigenvalue weighted by atomic mass is 9.88. The number of fused-ring (bicyclic) bond motifs is 1. The minimum atomic E-state index is 0.167. The molecular weight excluding hydrogens is 304 g/mol. The molecule has 1 aromatic carbocycles. The van der Waals surface area contributed by atoms with Gasteiger partial charge in [0.25, 0.3) is 0 Å². The zero-order valence-corrected chi connectivity index (χ0v) is 15.0. The molecule has 23 heavy (non-hydrogen) atoms. The first kappa shape index (κ1) is 15.9. The molecule has 0 fully saturated rings. The highest BCUT2D eigenvalue weighted by atomic mass is 32.1. The lowest BCUT2D eigenvalue weighted by molar-refractivity contribution is 0.358. The van der Waals surface area contributed by atoms with Crippen LogP contribution in [0.2, 0.25) is 0 Å². The summed E-state index contributed by atoms with van der Waals surface area (Å²) in [5.74, 6) is 1.65. The maximum atomic E-state index is 4.60. The fourth-order valence-electron chi connectivity index (χ4n) is 2.24. The van der Waals surface area contributed by atoms with E-state index in [2.05, 4.69) is 60.1 Å². The molecule has 1 atom stereocenters. The van der Waals surface area contributed by atoms with E-state index in [4.69, 9.17) is 0 Å². The highest BCUT2D eigenvalue weighted by molar-refractivity contribution is 7.16. The topological polar surface area (TPSA) is 50.7 Å². The van der Waals surface area contributed by atoms with Crippen molar-refractivity contribution in [3.8, 4) is 11.3 Å². The second-order valence-corrected chi connectivity index (χ2v) is 7.84. The van der Waals surface area contributed by atoms with Crippen molar-refractivity contribution >= 4 is 27.4 Å². The van der Waals surface area contributed by atoms with Crippen molar-refractivity contribution in [3.05, 3.63) is 35.6 Å². The first-order valence-electron chi connectivity index (χ1n) is 7.79. The normalized spacial score (nSPS) is 13.3. The van der Waals surface area contributed by atoms with Gasteiger partial charge in [0, 0.05) is 17.7 Å². The van der Waals surface area contributed by atoms with Crippen LogP contribution < -0.4 is 5.32 Å². The Bertz CT molecular complexity index is 832. The molecule has 0 aliphatic rings. The van der Waals surface area contributed by atoms with Crippen LogP contribution in [0.4, 0.5) is 5.82 Å². The van der Waals surface area contributed by atoms with E-state index in [1.54, 1.807) is 11.3 Å². The molecule has 3 aromatic rings. The number of aromatic nitrogens is 3. The SMILES string of the molecule is Cc1nc(N[C@@H](C)C(C)(C)C)cc(-c2ccc3ncsc3c2)n1. The molecule has 3 rings (SSSR count). The third kappa shape index (κ3) is 3.50. The number of nitrogens with one attached hydrogen (secondary N) is 1. The number of hydrogen-bond donors (Lipinski definition) is 1. The minimum absolute atomic E-state index is 0.167. The van der Waals surface area contributed by atoms with Gasteiger partial charge >= 0.3 is 0 Å². The summed E-state index contributed by atoms with van der Waals surface area (Å²) in [6, 6.07) is 8.60. The van der Waals surface area contributed by atoms with E-state index in [0.717, 1.165) is 28.4 Å². The summed E-state index contributed by atoms with van der Waals surface area (Å²) in [4.78, 5) is 13.5. The van der Waals surface area contributed by atoms with Crippen molar-refractivity contribution in [2.24, 2.45) is 5.41 Å². The lowest BCUT2D eigenvalue weighted by Crippen LogP contribution is -2.31. The van der Waals surface area contributed by atoms with Gasteiger partial charge in [-0.3, -0.25) is 0 Å². The fraction of sp³-hybridized carbons (Fsp3) is 0.389. The summed E-state index contributed by atoms with van der Waals surface area (Å²) in [5.41, 5.74) is 5.11. The Kier molecular flexibility index (Phi) is 4.06. The van der Waals surface area contributed by atoms with Gasteiger partial charge in [0.15, 0.2) is 0 Å². The second kappa shape index (κ2) is 5.89. The van der Waals surface area contributed by atoms with E-state index in [1.165, 1.54) is 4.70 Å². The average molecular weight is 326 g/mol. The summed E-state index contributed by atoms with van der Waals surface area (Å²) >= 11 is 1.65. The van der Waals surface area contributed by atoms with E-state index in [1.807, 2.05) is 24.6 Å². The van der Waals surface area contributed by atoms with Crippen LogP contribution in [0.25, 0.3) is 21.5 Å². The van der Waals surface area contributed by atoms with Crippen LogP contribution in [0.5, 0.6) is 0 Å². The smallest absolute Gasteiger partial charge is 0.130 e. The summed E-state index contributed by atoms with van der Waals surface area (Å²) < 4.78 is 1.18. The Labute approximate surface area is 141 Å². The van der Waals surface area contributed by atoms with Crippen LogP contribution in [-0.4, -0.2) is 21.0 Å². The van der Waals surface area contributed by atoms with Gasteiger partial charge < -0.3 is 5.32 Å². The molecule has 2 aromatic heterocycles. The van der Waals surface area contributed by atoms with Crippen molar-refractivity contribution in [2.45, 2.75) is 40.7 Å². The first-order valence-corrected chi connectivity index (χ1v) is 8.67. The minimum Gasteiger partial charge on any atom is -0.367 e. The molecule has 0 unspecified atom stereocenters. The standard InChI is InChI=1S/C18H22N4S/c1-11(18(3,4)5)20-17-9-15(21-12(2)22-17)13-6-7-14-16(8-13)23-10-19-14/h6-11H,1-5H3,(H,20,21,22)/t11-/m0/s1. The lowest BCUT2D eigenvalue weighted by Gasteiger charge is -2.28. The molecule has 4 nitrogen and oxygen atoms in total. The Morgan fingerprint density at radius 3 is 2.65 bits per heavy atom. The van der Waals surface area contributed by atoms with Crippen LogP contribution in [0.3, 0.4) is 0 Å². The van der Waals surface area contributed by atoms with Crippen LogP contribution in [-0.2, 0) is 0 Å². The molecule has 0 radical (unpaired) electrons. The van der Waals surface area contributed by atoms with E-state index < -0.39 is 0 Å². The zero-order chi connectivity index (χ0) is 16.6. The zero-order valence-electron chi connectivity index (χ0n) is 14.2. The molecule has 0 bridgehead atoms. The fourth-order valence-corrected chi connectivity index (χ4v) is 2.96. The third-order valence-electron chi connectivity index (χ3n) is 4.13. The number of aryl methyl sites for hydroxylation is 1. The Hall–Kier alpha value is -2.01. The van der Waals surface area contributed by atoms with Gasteiger partial charge in [-0.15, -0.1) is 11.3 Å². The van der Waals surface area contributed by atoms with Gasteiger partial charge in [0.2, 0.25) is 0 Å². The molecule has 0 saturated carbocycles. The summed E-state index contributed by atoms with van der Waals surface area (Å²) in [7, 11) is 0. The molecular formula is C18H22N4S. The maximum Gasteiger partial charge on any atom is 0.130 e. The van der Waals surface area contributed by atoms with Crippen LogP contribution >= 0.6 is 11.3 Å². The highest BCUT2D eigenvalue weighted by Gasteiger charge is 2.20. The van der Waals surface area contributed by atoms with Gasteiger partial charge in [-0.05, 0) is 31.4 Å². The first-order chi connectivity index (χ1) is 10.8. The Morgan fingerprint density at radius 1 is 1.13 bits per heavy atom. The number of anilines is 1. The average Bonchev–Trinajstić information content (AvgIpc) is 2.92. The quantitative estimate of drug-likeness (QED) is 0.743. The van der Waals surface area contributed by atoms with Gasteiger partial charge in [-0.2, -0.15) is 0 Å². The Morgan fingerprint density at radius 2 is 1.91 bits per heavy atom. The number of benzene rings is 1. The predicted octanol–water partition coefficient (Wildman–Crippen LogP) is 4.91. The number of rotatable bonds is 3. The van der Waals surface area contributed by atoms with Gasteiger partial charge in [-0.25, -0.2) is 15.0 Å². The second-order valence-electron chi connectivity index (χ2n) is 6.95. The Balaban J connectivity index is 1.96. The summed E-state index contributed by atoms with van der Waals surface area (Å²) in [5, 5.41) is 3.50. The summed E-state index contributed by atoms with van der Waals surface area (Å²) in [6.07, 6.45) is 0. The molecule has 0 amide bonds. The molecule has 5 heteroatoms. The molecule has 0 spiro atoms. The highest BCUT2D eigenvalue weighted by Crippen LogP contribution is 2.27. The molecule has 1 N–H and O–H groups in total. The molecule has 0 aliphatic heterocycles.